The van der Waals surface area contributed by atoms with E-state index >= 15 is 0 Å². The molecule has 0 saturated carbocycles. The SMILES string of the molecule is CCc1cccc(NC(=O)Nc2cccc(Cl)c2)c1. The summed E-state index contributed by atoms with van der Waals surface area (Å²) in [6.07, 6.45) is 0.936. The van der Waals surface area contributed by atoms with Crippen molar-refractivity contribution in [2.75, 3.05) is 10.6 Å². The van der Waals surface area contributed by atoms with Crippen molar-refractivity contribution >= 4 is 29.0 Å². The first-order valence-electron chi connectivity index (χ1n) is 6.10. The van der Waals surface area contributed by atoms with Crippen molar-refractivity contribution in [1.82, 2.24) is 0 Å². The van der Waals surface area contributed by atoms with Crippen LogP contribution in [-0.4, -0.2) is 6.03 Å². The zero-order valence-corrected chi connectivity index (χ0v) is 11.4. The standard InChI is InChI=1S/C15H15ClN2O/c1-2-11-5-3-7-13(9-11)17-15(19)18-14-8-4-6-12(16)10-14/h3-10H,2H2,1H3,(H2,17,18,19). The van der Waals surface area contributed by atoms with Gasteiger partial charge in [-0.15, -0.1) is 0 Å². The first kappa shape index (κ1) is 13.4. The Balaban J connectivity index is 2.01. The van der Waals surface area contributed by atoms with Crippen LogP contribution in [0.3, 0.4) is 0 Å². The topological polar surface area (TPSA) is 41.1 Å². The number of urea groups is 1. The number of amides is 2. The Morgan fingerprint density at radius 2 is 1.68 bits per heavy atom. The molecule has 0 heterocycles. The van der Waals surface area contributed by atoms with Crippen molar-refractivity contribution in [2.24, 2.45) is 0 Å². The van der Waals surface area contributed by atoms with Crippen LogP contribution in [0.5, 0.6) is 0 Å². The average Bonchev–Trinajstić information content (AvgIpc) is 2.38. The van der Waals surface area contributed by atoms with Crippen LogP contribution < -0.4 is 10.6 Å². The third kappa shape index (κ3) is 4.00. The minimum atomic E-state index is -0.282. The molecule has 4 heteroatoms. The maximum Gasteiger partial charge on any atom is 0.323 e. The summed E-state index contributed by atoms with van der Waals surface area (Å²) in [6.45, 7) is 2.07. The van der Waals surface area contributed by atoms with Crippen molar-refractivity contribution in [3.05, 3.63) is 59.1 Å². The molecule has 2 rings (SSSR count). The van der Waals surface area contributed by atoms with Crippen LogP contribution in [0.1, 0.15) is 12.5 Å². The van der Waals surface area contributed by atoms with Gasteiger partial charge >= 0.3 is 6.03 Å². The van der Waals surface area contributed by atoms with E-state index in [9.17, 15) is 4.79 Å². The minimum Gasteiger partial charge on any atom is -0.308 e. The van der Waals surface area contributed by atoms with Gasteiger partial charge in [-0.2, -0.15) is 0 Å². The van der Waals surface area contributed by atoms with Crippen molar-refractivity contribution < 1.29 is 4.79 Å². The molecule has 2 aromatic carbocycles. The molecule has 0 saturated heterocycles. The van der Waals surface area contributed by atoms with E-state index in [0.29, 0.717) is 10.7 Å². The van der Waals surface area contributed by atoms with E-state index < -0.39 is 0 Å². The molecule has 0 unspecified atom stereocenters. The number of halogens is 1. The highest BCUT2D eigenvalue weighted by Crippen LogP contribution is 2.16. The summed E-state index contributed by atoms with van der Waals surface area (Å²) < 4.78 is 0. The van der Waals surface area contributed by atoms with Gasteiger partial charge in [-0.1, -0.05) is 36.7 Å². The minimum absolute atomic E-state index is 0.282. The van der Waals surface area contributed by atoms with E-state index in [4.69, 9.17) is 11.6 Å². The Hall–Kier alpha value is -2.00. The van der Waals surface area contributed by atoms with Crippen LogP contribution in [0.15, 0.2) is 48.5 Å². The normalized spacial score (nSPS) is 10.0. The highest BCUT2D eigenvalue weighted by Gasteiger charge is 2.03. The fourth-order valence-corrected chi connectivity index (χ4v) is 1.92. The molecule has 0 aliphatic carbocycles. The predicted octanol–water partition coefficient (Wildman–Crippen LogP) is 4.55. The van der Waals surface area contributed by atoms with Gasteiger partial charge < -0.3 is 10.6 Å². The van der Waals surface area contributed by atoms with Gasteiger partial charge in [0, 0.05) is 16.4 Å². The number of rotatable bonds is 3. The number of anilines is 2. The van der Waals surface area contributed by atoms with Crippen LogP contribution in [0, 0.1) is 0 Å². The monoisotopic (exact) mass is 274 g/mol. The first-order valence-corrected chi connectivity index (χ1v) is 6.47. The maximum atomic E-state index is 11.8. The summed E-state index contributed by atoms with van der Waals surface area (Å²) in [6, 6.07) is 14.5. The second kappa shape index (κ2) is 6.25. The fourth-order valence-electron chi connectivity index (χ4n) is 1.73. The molecule has 2 aromatic rings. The molecular weight excluding hydrogens is 260 g/mol. The van der Waals surface area contributed by atoms with Gasteiger partial charge in [0.15, 0.2) is 0 Å². The van der Waals surface area contributed by atoms with Crippen molar-refractivity contribution in [1.29, 1.82) is 0 Å². The molecule has 98 valence electrons. The highest BCUT2D eigenvalue weighted by molar-refractivity contribution is 6.30. The van der Waals surface area contributed by atoms with E-state index in [-0.39, 0.29) is 6.03 Å². The van der Waals surface area contributed by atoms with Gasteiger partial charge in [0.05, 0.1) is 0 Å². The smallest absolute Gasteiger partial charge is 0.308 e. The van der Waals surface area contributed by atoms with Crippen LogP contribution >= 0.6 is 11.6 Å². The highest BCUT2D eigenvalue weighted by atomic mass is 35.5. The zero-order valence-electron chi connectivity index (χ0n) is 10.6. The van der Waals surface area contributed by atoms with Gasteiger partial charge in [0.1, 0.15) is 0 Å². The van der Waals surface area contributed by atoms with Crippen LogP contribution in [-0.2, 0) is 6.42 Å². The summed E-state index contributed by atoms with van der Waals surface area (Å²) >= 11 is 5.86. The first-order chi connectivity index (χ1) is 9.17. The Kier molecular flexibility index (Phi) is 4.42. The lowest BCUT2D eigenvalue weighted by Gasteiger charge is -2.08. The summed E-state index contributed by atoms with van der Waals surface area (Å²) in [5, 5.41) is 6.11. The molecule has 0 atom stereocenters. The summed E-state index contributed by atoms with van der Waals surface area (Å²) in [4.78, 5) is 11.8. The van der Waals surface area contributed by atoms with Crippen molar-refractivity contribution in [3.8, 4) is 0 Å². The number of hydrogen-bond acceptors (Lipinski definition) is 1. The van der Waals surface area contributed by atoms with Crippen LogP contribution in [0.2, 0.25) is 5.02 Å². The summed E-state index contributed by atoms with van der Waals surface area (Å²) in [5.41, 5.74) is 2.62. The number of carbonyl (C=O) groups is 1. The number of benzene rings is 2. The Morgan fingerprint density at radius 1 is 1.05 bits per heavy atom. The molecular formula is C15H15ClN2O. The van der Waals surface area contributed by atoms with Gasteiger partial charge in [-0.3, -0.25) is 0 Å². The second-order valence-corrected chi connectivity index (χ2v) is 4.58. The zero-order chi connectivity index (χ0) is 13.7. The molecule has 0 fully saturated rings. The van der Waals surface area contributed by atoms with Crippen molar-refractivity contribution in [2.45, 2.75) is 13.3 Å². The lowest BCUT2D eigenvalue weighted by Crippen LogP contribution is -2.19. The van der Waals surface area contributed by atoms with Crippen LogP contribution in [0.4, 0.5) is 16.2 Å². The quantitative estimate of drug-likeness (QED) is 0.847. The molecule has 0 spiro atoms. The molecule has 2 amide bonds. The molecule has 0 aliphatic heterocycles. The molecule has 3 nitrogen and oxygen atoms in total. The summed E-state index contributed by atoms with van der Waals surface area (Å²) in [7, 11) is 0. The van der Waals surface area contributed by atoms with E-state index in [1.165, 1.54) is 5.56 Å². The molecule has 0 bridgehead atoms. The number of aryl methyl sites for hydroxylation is 1. The number of carbonyl (C=O) groups excluding carboxylic acids is 1. The molecule has 19 heavy (non-hydrogen) atoms. The van der Waals surface area contributed by atoms with E-state index in [1.54, 1.807) is 24.3 Å². The fraction of sp³-hybridized carbons (Fsp3) is 0.133. The molecule has 0 aliphatic rings. The molecule has 0 aromatic heterocycles. The van der Waals surface area contributed by atoms with E-state index in [1.807, 2.05) is 24.3 Å². The summed E-state index contributed by atoms with van der Waals surface area (Å²) in [5.74, 6) is 0. The third-order valence-corrected chi connectivity index (χ3v) is 2.91. The van der Waals surface area contributed by atoms with Gasteiger partial charge in [-0.05, 0) is 42.3 Å². The predicted molar refractivity (Wildman–Crippen MR) is 79.9 cm³/mol. The van der Waals surface area contributed by atoms with E-state index in [2.05, 4.69) is 17.6 Å². The average molecular weight is 275 g/mol. The second-order valence-electron chi connectivity index (χ2n) is 4.14. The van der Waals surface area contributed by atoms with Gasteiger partial charge in [0.25, 0.3) is 0 Å². The lowest BCUT2D eigenvalue weighted by molar-refractivity contribution is 0.262. The van der Waals surface area contributed by atoms with Gasteiger partial charge in [0.2, 0.25) is 0 Å². The molecule has 2 N–H and O–H groups in total. The van der Waals surface area contributed by atoms with Gasteiger partial charge in [-0.25, -0.2) is 4.79 Å². The number of nitrogens with one attached hydrogen (secondary N) is 2. The third-order valence-electron chi connectivity index (χ3n) is 2.68. The Labute approximate surface area is 117 Å². The number of hydrogen-bond donors (Lipinski definition) is 2. The Morgan fingerprint density at radius 3 is 2.32 bits per heavy atom. The Bertz CT molecular complexity index is 584. The molecule has 0 radical (unpaired) electrons. The van der Waals surface area contributed by atoms with Crippen molar-refractivity contribution in [3.63, 3.8) is 0 Å². The maximum absolute atomic E-state index is 11.8. The largest absolute Gasteiger partial charge is 0.323 e. The lowest BCUT2D eigenvalue weighted by atomic mass is 10.1. The van der Waals surface area contributed by atoms with E-state index in [0.717, 1.165) is 12.1 Å². The van der Waals surface area contributed by atoms with Crippen LogP contribution in [0.25, 0.3) is 0 Å².